The van der Waals surface area contributed by atoms with Gasteiger partial charge in [0.05, 0.1) is 11.1 Å². The second kappa shape index (κ2) is 4.20. The van der Waals surface area contributed by atoms with E-state index in [1.54, 1.807) is 12.1 Å². The molecule has 0 spiro atoms. The summed E-state index contributed by atoms with van der Waals surface area (Å²) >= 11 is 0. The number of halogens is 2. The Kier molecular flexibility index (Phi) is 2.52. The normalized spacial score (nSPS) is 10.8. The zero-order chi connectivity index (χ0) is 13.4. The molecule has 0 aliphatic carbocycles. The summed E-state index contributed by atoms with van der Waals surface area (Å²) in [5, 5.41) is 9.82. The van der Waals surface area contributed by atoms with Crippen LogP contribution in [0.15, 0.2) is 30.3 Å². The average Bonchev–Trinajstić information content (AvgIpc) is 2.76. The molecule has 1 aromatic carbocycles. The molecule has 0 aliphatic heterocycles. The molecule has 0 amide bonds. The van der Waals surface area contributed by atoms with Gasteiger partial charge in [0.15, 0.2) is 23.1 Å². The maximum atomic E-state index is 13.5. The fourth-order valence-corrected chi connectivity index (χ4v) is 1.73. The topological polar surface area (TPSA) is 79.6 Å². The van der Waals surface area contributed by atoms with Crippen molar-refractivity contribution >= 4 is 28.4 Å². The molecule has 5 nitrogen and oxygen atoms in total. The van der Waals surface area contributed by atoms with Crippen LogP contribution in [-0.2, 0) is 0 Å². The van der Waals surface area contributed by atoms with E-state index in [0.29, 0.717) is 22.7 Å². The van der Waals surface area contributed by atoms with Gasteiger partial charge in [0.25, 0.3) is 0 Å². The Balaban J connectivity index is 1.99. The zero-order valence-corrected chi connectivity index (χ0v) is 9.61. The van der Waals surface area contributed by atoms with Gasteiger partial charge in [0.2, 0.25) is 0 Å². The summed E-state index contributed by atoms with van der Waals surface area (Å²) in [5.41, 5.74) is 6.10. The van der Waals surface area contributed by atoms with Crippen molar-refractivity contribution in [2.75, 3.05) is 11.1 Å². The Hall–Kier alpha value is -2.70. The van der Waals surface area contributed by atoms with Crippen LogP contribution in [0.25, 0.3) is 11.0 Å². The first kappa shape index (κ1) is 11.4. The molecule has 0 saturated carbocycles. The van der Waals surface area contributed by atoms with E-state index in [-0.39, 0.29) is 5.69 Å². The van der Waals surface area contributed by atoms with E-state index in [0.717, 1.165) is 6.07 Å². The second-order valence-corrected chi connectivity index (χ2v) is 3.93. The van der Waals surface area contributed by atoms with Crippen molar-refractivity contribution < 1.29 is 8.78 Å². The number of nitrogens with one attached hydrogen (secondary N) is 2. The maximum Gasteiger partial charge on any atom is 0.182 e. The average molecular weight is 261 g/mol. The minimum absolute atomic E-state index is 0.0133. The van der Waals surface area contributed by atoms with Gasteiger partial charge in [-0.15, -0.1) is 0 Å². The fourth-order valence-electron chi connectivity index (χ4n) is 1.73. The Bertz CT molecular complexity index is 753. The molecule has 4 N–H and O–H groups in total. The standard InChI is InChI=1S/C12H9F2N5/c13-7-2-1-3-8(10(7)14)16-9-5-4-6-11(15)18-19-12(6)17-9/h1-5H,(H4,15,16,17,18,19). The lowest BCUT2D eigenvalue weighted by molar-refractivity contribution is 0.511. The lowest BCUT2D eigenvalue weighted by Crippen LogP contribution is -1.98. The predicted octanol–water partition coefficient (Wildman–Crippen LogP) is 2.56. The Morgan fingerprint density at radius 1 is 1.16 bits per heavy atom. The highest BCUT2D eigenvalue weighted by molar-refractivity contribution is 5.87. The summed E-state index contributed by atoms with van der Waals surface area (Å²) in [4.78, 5) is 4.16. The molecular weight excluding hydrogens is 252 g/mol. The van der Waals surface area contributed by atoms with Gasteiger partial charge in [0.1, 0.15) is 5.82 Å². The Labute approximate surface area is 106 Å². The number of nitrogen functional groups attached to an aromatic ring is 1. The molecule has 2 heterocycles. The van der Waals surface area contributed by atoms with Crippen LogP contribution in [0.1, 0.15) is 0 Å². The number of hydrogen-bond acceptors (Lipinski definition) is 4. The van der Waals surface area contributed by atoms with Gasteiger partial charge in [-0.2, -0.15) is 5.10 Å². The van der Waals surface area contributed by atoms with Crippen LogP contribution in [0.4, 0.5) is 26.1 Å². The van der Waals surface area contributed by atoms with Gasteiger partial charge in [-0.3, -0.25) is 5.10 Å². The minimum atomic E-state index is -0.950. The summed E-state index contributed by atoms with van der Waals surface area (Å²) in [6, 6.07) is 7.19. The van der Waals surface area contributed by atoms with Crippen molar-refractivity contribution in [1.29, 1.82) is 0 Å². The van der Waals surface area contributed by atoms with E-state index < -0.39 is 11.6 Å². The highest BCUT2D eigenvalue weighted by Crippen LogP contribution is 2.23. The van der Waals surface area contributed by atoms with Crippen LogP contribution in [-0.4, -0.2) is 15.2 Å². The number of anilines is 3. The number of nitrogens with zero attached hydrogens (tertiary/aromatic N) is 2. The lowest BCUT2D eigenvalue weighted by Gasteiger charge is -2.06. The van der Waals surface area contributed by atoms with Crippen molar-refractivity contribution in [3.8, 4) is 0 Å². The number of nitrogens with two attached hydrogens (primary N) is 1. The first-order valence-corrected chi connectivity index (χ1v) is 5.47. The van der Waals surface area contributed by atoms with E-state index in [1.807, 2.05) is 0 Å². The van der Waals surface area contributed by atoms with Crippen LogP contribution in [0.2, 0.25) is 0 Å². The van der Waals surface area contributed by atoms with Crippen LogP contribution < -0.4 is 11.1 Å². The molecule has 3 aromatic rings. The van der Waals surface area contributed by atoms with Crippen molar-refractivity contribution in [2.45, 2.75) is 0 Å². The van der Waals surface area contributed by atoms with Gasteiger partial charge < -0.3 is 11.1 Å². The largest absolute Gasteiger partial charge is 0.382 e. The number of aromatic nitrogens is 3. The summed E-state index contributed by atoms with van der Waals surface area (Å²) < 4.78 is 26.6. The molecule has 0 aliphatic rings. The highest BCUT2D eigenvalue weighted by atomic mass is 19.2. The third-order valence-electron chi connectivity index (χ3n) is 2.67. The second-order valence-electron chi connectivity index (χ2n) is 3.93. The van der Waals surface area contributed by atoms with Crippen LogP contribution in [0.3, 0.4) is 0 Å². The molecule has 2 aromatic heterocycles. The van der Waals surface area contributed by atoms with E-state index >= 15 is 0 Å². The quantitative estimate of drug-likeness (QED) is 0.662. The summed E-state index contributed by atoms with van der Waals surface area (Å²) in [6.07, 6.45) is 0. The maximum absolute atomic E-state index is 13.5. The smallest absolute Gasteiger partial charge is 0.182 e. The fraction of sp³-hybridized carbons (Fsp3) is 0. The molecule has 19 heavy (non-hydrogen) atoms. The van der Waals surface area contributed by atoms with Crippen molar-refractivity contribution in [3.05, 3.63) is 42.0 Å². The predicted molar refractivity (Wildman–Crippen MR) is 67.9 cm³/mol. The van der Waals surface area contributed by atoms with Crippen LogP contribution >= 0.6 is 0 Å². The van der Waals surface area contributed by atoms with Crippen molar-refractivity contribution in [1.82, 2.24) is 15.2 Å². The van der Waals surface area contributed by atoms with Gasteiger partial charge in [-0.05, 0) is 24.3 Å². The third kappa shape index (κ3) is 1.95. The molecule has 0 radical (unpaired) electrons. The summed E-state index contributed by atoms with van der Waals surface area (Å²) in [7, 11) is 0. The zero-order valence-electron chi connectivity index (χ0n) is 9.61. The van der Waals surface area contributed by atoms with Gasteiger partial charge in [-0.25, -0.2) is 13.8 Å². The Morgan fingerprint density at radius 3 is 2.84 bits per heavy atom. The number of pyridine rings is 1. The van der Waals surface area contributed by atoms with Gasteiger partial charge in [-0.1, -0.05) is 6.07 Å². The number of rotatable bonds is 2. The highest BCUT2D eigenvalue weighted by Gasteiger charge is 2.09. The molecular formula is C12H9F2N5. The third-order valence-corrected chi connectivity index (χ3v) is 2.67. The van der Waals surface area contributed by atoms with Crippen LogP contribution in [0, 0.1) is 11.6 Å². The van der Waals surface area contributed by atoms with Crippen LogP contribution in [0.5, 0.6) is 0 Å². The molecule has 0 fully saturated rings. The molecule has 0 unspecified atom stereocenters. The molecule has 0 bridgehead atoms. The van der Waals surface area contributed by atoms with Gasteiger partial charge in [0, 0.05) is 0 Å². The lowest BCUT2D eigenvalue weighted by atomic mass is 10.3. The van der Waals surface area contributed by atoms with Crippen molar-refractivity contribution in [3.63, 3.8) is 0 Å². The van der Waals surface area contributed by atoms with Crippen molar-refractivity contribution in [2.24, 2.45) is 0 Å². The number of H-pyrrole nitrogens is 1. The monoisotopic (exact) mass is 261 g/mol. The number of aromatic amines is 1. The number of benzene rings is 1. The van der Waals surface area contributed by atoms with E-state index in [1.165, 1.54) is 12.1 Å². The van der Waals surface area contributed by atoms with E-state index in [4.69, 9.17) is 5.73 Å². The van der Waals surface area contributed by atoms with E-state index in [9.17, 15) is 8.78 Å². The summed E-state index contributed by atoms with van der Waals surface area (Å²) in [5.74, 6) is -1.17. The molecule has 3 rings (SSSR count). The molecule has 0 atom stereocenters. The minimum Gasteiger partial charge on any atom is -0.382 e. The first-order chi connectivity index (χ1) is 9.15. The number of fused-ring (bicyclic) bond motifs is 1. The molecule has 0 saturated heterocycles. The SMILES string of the molecule is Nc1n[nH]c2nc(Nc3cccc(F)c3F)ccc12. The van der Waals surface area contributed by atoms with Gasteiger partial charge >= 0.3 is 0 Å². The molecule has 96 valence electrons. The Morgan fingerprint density at radius 2 is 2.00 bits per heavy atom. The number of hydrogen-bond donors (Lipinski definition) is 3. The van der Waals surface area contributed by atoms with E-state index in [2.05, 4.69) is 20.5 Å². The summed E-state index contributed by atoms with van der Waals surface area (Å²) in [6.45, 7) is 0. The first-order valence-electron chi connectivity index (χ1n) is 5.47. The molecule has 7 heteroatoms.